The van der Waals surface area contributed by atoms with E-state index in [-0.39, 0.29) is 11.4 Å². The Morgan fingerprint density at radius 2 is 1.77 bits per heavy atom. The standard InChI is InChI=1S/C33H38O10/c1-16(2)28(38)43-27-23(42-17(3)34)25-31(6)13-11-21(35)30(4,5)24(31)22(36)26(37)33(25,29(39)40-8)20-10-9-19(32(20,27)7)18-12-14-41-15-18/h10-16,19,23,25,27,36H,9H2,1-8H3/t19-,23?,25-,27?,31+,32-,33-/m1/s1. The predicted octanol–water partition coefficient (Wildman–Crippen LogP) is 4.55. The van der Waals surface area contributed by atoms with Crippen LogP contribution in [0.25, 0.3) is 0 Å². The van der Waals surface area contributed by atoms with Gasteiger partial charge in [-0.05, 0) is 49.1 Å². The van der Waals surface area contributed by atoms with E-state index in [9.17, 15) is 29.1 Å². The third-order valence-electron chi connectivity index (χ3n) is 10.3. The number of aliphatic hydroxyl groups excluding tert-OH is 1. The molecule has 1 aromatic heterocycles. The molecule has 43 heavy (non-hydrogen) atoms. The summed E-state index contributed by atoms with van der Waals surface area (Å²) in [7, 11) is 1.15. The number of allylic oxidation sites excluding steroid dienone is 5. The Balaban J connectivity index is 1.93. The van der Waals surface area contributed by atoms with Gasteiger partial charge in [-0.2, -0.15) is 0 Å². The molecule has 0 amide bonds. The monoisotopic (exact) mass is 594 g/mol. The number of aliphatic hydroxyl groups is 1. The van der Waals surface area contributed by atoms with Crippen molar-refractivity contribution in [3.8, 4) is 0 Å². The van der Waals surface area contributed by atoms with Crippen molar-refractivity contribution in [3.63, 3.8) is 0 Å². The lowest BCUT2D eigenvalue weighted by Gasteiger charge is -2.63. The first kappa shape index (κ1) is 30.5. The first-order chi connectivity index (χ1) is 20.0. The second-order valence-electron chi connectivity index (χ2n) is 13.3. The van der Waals surface area contributed by atoms with E-state index in [1.807, 2.05) is 0 Å². The van der Waals surface area contributed by atoms with Gasteiger partial charge in [-0.25, -0.2) is 0 Å². The molecular weight excluding hydrogens is 556 g/mol. The van der Waals surface area contributed by atoms with Crippen LogP contribution in [0.15, 0.2) is 58.1 Å². The molecule has 1 heterocycles. The quantitative estimate of drug-likeness (QED) is 0.223. The molecule has 10 nitrogen and oxygen atoms in total. The summed E-state index contributed by atoms with van der Waals surface area (Å²) in [6.07, 6.45) is 5.48. The molecule has 0 aromatic carbocycles. The zero-order chi connectivity index (χ0) is 31.9. The van der Waals surface area contributed by atoms with Gasteiger partial charge in [0.1, 0.15) is 12.2 Å². The summed E-state index contributed by atoms with van der Waals surface area (Å²) in [6.45, 7) is 11.2. The van der Waals surface area contributed by atoms with Gasteiger partial charge in [0, 0.05) is 29.6 Å². The number of fused-ring (bicyclic) bond motifs is 5. The minimum atomic E-state index is -2.19. The van der Waals surface area contributed by atoms with Crippen molar-refractivity contribution < 1.29 is 47.7 Å². The van der Waals surface area contributed by atoms with Crippen molar-refractivity contribution in [3.05, 3.63) is 59.3 Å². The van der Waals surface area contributed by atoms with Gasteiger partial charge in [-0.15, -0.1) is 0 Å². The normalized spacial score (nSPS) is 36.0. The smallest absolute Gasteiger partial charge is 0.324 e. The van der Waals surface area contributed by atoms with E-state index in [0.717, 1.165) is 12.7 Å². The van der Waals surface area contributed by atoms with E-state index < -0.39 is 81.1 Å². The molecule has 1 aromatic rings. The van der Waals surface area contributed by atoms with Gasteiger partial charge in [0.25, 0.3) is 0 Å². The number of hydrogen-bond acceptors (Lipinski definition) is 10. The minimum Gasteiger partial charge on any atom is -0.504 e. The van der Waals surface area contributed by atoms with Crippen LogP contribution < -0.4 is 0 Å². The summed E-state index contributed by atoms with van der Waals surface area (Å²) in [5.74, 6) is -6.53. The molecule has 230 valence electrons. The number of esters is 3. The molecule has 1 fully saturated rings. The number of ketones is 2. The fraction of sp³-hybridized carbons (Fsp3) is 0.545. The Hall–Kier alpha value is -3.95. The predicted molar refractivity (Wildman–Crippen MR) is 151 cm³/mol. The zero-order valence-electron chi connectivity index (χ0n) is 25.7. The van der Waals surface area contributed by atoms with Gasteiger partial charge in [0.05, 0.1) is 31.0 Å². The number of carbonyl (C=O) groups is 5. The molecular formula is C33H38O10. The molecule has 0 aliphatic heterocycles. The maximum Gasteiger partial charge on any atom is 0.324 e. The SMILES string of the molecule is COC(=O)[C@@]12C(=O)C(O)=C3C(C)(C)C(=O)C=C[C@]3(C)[C@H]1C(OC(C)=O)C(OC(=O)C(C)C)[C@@]1(C)C2=CC[C@@H]1c1ccoc1. The first-order valence-electron chi connectivity index (χ1n) is 14.4. The number of methoxy groups -OCH3 is 1. The summed E-state index contributed by atoms with van der Waals surface area (Å²) in [5.41, 5.74) is -5.12. The maximum absolute atomic E-state index is 14.8. The summed E-state index contributed by atoms with van der Waals surface area (Å²) in [4.78, 5) is 68.4. The highest BCUT2D eigenvalue weighted by Crippen LogP contribution is 2.72. The average Bonchev–Trinajstić information content (AvgIpc) is 3.58. The van der Waals surface area contributed by atoms with E-state index in [4.69, 9.17) is 18.6 Å². The third-order valence-corrected chi connectivity index (χ3v) is 10.3. The highest BCUT2D eigenvalue weighted by atomic mass is 16.6. The summed E-state index contributed by atoms with van der Waals surface area (Å²) in [6, 6.07) is 1.75. The lowest BCUT2D eigenvalue weighted by Crippen LogP contribution is -2.72. The van der Waals surface area contributed by atoms with Gasteiger partial charge in [0.15, 0.2) is 17.0 Å². The Labute approximate surface area is 250 Å². The van der Waals surface area contributed by atoms with E-state index in [0.29, 0.717) is 12.0 Å². The van der Waals surface area contributed by atoms with Gasteiger partial charge in [-0.3, -0.25) is 24.0 Å². The summed E-state index contributed by atoms with van der Waals surface area (Å²) >= 11 is 0. The van der Waals surface area contributed by atoms with E-state index >= 15 is 0 Å². The molecule has 1 saturated carbocycles. The van der Waals surface area contributed by atoms with Crippen molar-refractivity contribution in [2.45, 2.75) is 73.0 Å². The number of carbonyl (C=O) groups excluding carboxylic acids is 5. The van der Waals surface area contributed by atoms with Crippen molar-refractivity contribution in [2.24, 2.45) is 33.5 Å². The van der Waals surface area contributed by atoms with Crippen molar-refractivity contribution in [1.29, 1.82) is 0 Å². The second-order valence-corrected chi connectivity index (χ2v) is 13.3. The molecule has 1 N–H and O–H groups in total. The fourth-order valence-electron chi connectivity index (χ4n) is 8.48. The van der Waals surface area contributed by atoms with Gasteiger partial charge in [-0.1, -0.05) is 39.8 Å². The molecule has 4 aliphatic carbocycles. The molecule has 10 heteroatoms. The maximum atomic E-state index is 14.8. The molecule has 5 rings (SSSR count). The highest BCUT2D eigenvalue weighted by molar-refractivity contribution is 6.17. The van der Waals surface area contributed by atoms with Gasteiger partial charge in [0.2, 0.25) is 5.78 Å². The largest absolute Gasteiger partial charge is 0.504 e. The van der Waals surface area contributed by atoms with Crippen molar-refractivity contribution in [1.82, 2.24) is 0 Å². The zero-order valence-corrected chi connectivity index (χ0v) is 25.7. The number of rotatable bonds is 5. The van der Waals surface area contributed by atoms with Crippen LogP contribution in [0, 0.1) is 33.5 Å². The van der Waals surface area contributed by atoms with Gasteiger partial charge >= 0.3 is 17.9 Å². The topological polar surface area (TPSA) is 146 Å². The van der Waals surface area contributed by atoms with Crippen LogP contribution in [0.1, 0.15) is 66.4 Å². The molecule has 0 saturated heterocycles. The lowest BCUT2D eigenvalue weighted by molar-refractivity contribution is -0.215. The number of furan rings is 1. The highest BCUT2D eigenvalue weighted by Gasteiger charge is 2.79. The molecule has 0 spiro atoms. The van der Waals surface area contributed by atoms with Crippen LogP contribution in [0.3, 0.4) is 0 Å². The van der Waals surface area contributed by atoms with Gasteiger partial charge < -0.3 is 23.7 Å². The van der Waals surface area contributed by atoms with E-state index in [1.165, 1.54) is 19.3 Å². The Morgan fingerprint density at radius 3 is 2.33 bits per heavy atom. The summed E-state index contributed by atoms with van der Waals surface area (Å²) < 4.78 is 23.1. The molecule has 7 atom stereocenters. The van der Waals surface area contributed by atoms with Crippen molar-refractivity contribution >= 4 is 29.5 Å². The Bertz CT molecular complexity index is 1510. The molecule has 4 aliphatic rings. The fourth-order valence-corrected chi connectivity index (χ4v) is 8.48. The lowest BCUT2D eigenvalue weighted by atomic mass is 9.39. The number of ether oxygens (including phenoxy) is 3. The average molecular weight is 595 g/mol. The Kier molecular flexibility index (Phi) is 6.94. The van der Waals surface area contributed by atoms with E-state index in [1.54, 1.807) is 66.0 Å². The van der Waals surface area contributed by atoms with Crippen LogP contribution >= 0.6 is 0 Å². The first-order valence-corrected chi connectivity index (χ1v) is 14.4. The molecule has 2 unspecified atom stereocenters. The molecule has 0 bridgehead atoms. The third kappa shape index (κ3) is 3.80. The Morgan fingerprint density at radius 1 is 1.09 bits per heavy atom. The summed E-state index contributed by atoms with van der Waals surface area (Å²) in [5, 5.41) is 11.7. The van der Waals surface area contributed by atoms with Crippen LogP contribution in [0.2, 0.25) is 0 Å². The number of Topliss-reactive ketones (excluding diaryl/α,β-unsaturated/α-hetero) is 1. The van der Waals surface area contributed by atoms with Crippen LogP contribution in [-0.2, 0) is 38.2 Å². The molecule has 0 radical (unpaired) electrons. The van der Waals surface area contributed by atoms with Crippen LogP contribution in [-0.4, -0.2) is 53.9 Å². The second kappa shape index (κ2) is 9.79. The van der Waals surface area contributed by atoms with Crippen molar-refractivity contribution in [2.75, 3.05) is 7.11 Å². The minimum absolute atomic E-state index is 0.0988. The van der Waals surface area contributed by atoms with E-state index in [2.05, 4.69) is 0 Å². The number of hydrogen-bond donors (Lipinski definition) is 1. The van der Waals surface area contributed by atoms with Crippen LogP contribution in [0.4, 0.5) is 0 Å². The van der Waals surface area contributed by atoms with Crippen LogP contribution in [0.5, 0.6) is 0 Å².